The largest absolute Gasteiger partial charge is 0.349 e. The van der Waals surface area contributed by atoms with Crippen LogP contribution in [0.5, 0.6) is 0 Å². The van der Waals surface area contributed by atoms with Crippen molar-refractivity contribution in [3.05, 3.63) is 33.6 Å². The standard InChI is InChI=1S/C15H19NOS.C2H6/c1-10(2)11-5-6-14-13(8-11)9-12(4-3-7-17)15(18)16-14;1-2/h3-4,7,9-11H,5-6,8H2,1-2H3,(H,16,18);1-2H3/b4-3+;. The van der Waals surface area contributed by atoms with Gasteiger partial charge in [0.25, 0.3) is 0 Å². The lowest BCUT2D eigenvalue weighted by atomic mass is 9.80. The molecule has 1 aromatic rings. The molecule has 2 nitrogen and oxygen atoms in total. The van der Waals surface area contributed by atoms with Crippen molar-refractivity contribution in [3.63, 3.8) is 0 Å². The molecule has 0 bridgehead atoms. The van der Waals surface area contributed by atoms with E-state index in [1.54, 1.807) is 6.08 Å². The van der Waals surface area contributed by atoms with Crippen molar-refractivity contribution >= 4 is 24.6 Å². The number of allylic oxidation sites excluding steroid dienone is 1. The van der Waals surface area contributed by atoms with Crippen LogP contribution in [0.1, 0.15) is 50.9 Å². The molecule has 0 aromatic carbocycles. The third-order valence-corrected chi connectivity index (χ3v) is 4.13. The predicted molar refractivity (Wildman–Crippen MR) is 88.4 cm³/mol. The zero-order valence-electron chi connectivity index (χ0n) is 12.9. The maximum Gasteiger partial charge on any atom is 0.142 e. The van der Waals surface area contributed by atoms with Gasteiger partial charge in [-0.05, 0) is 54.9 Å². The Balaban J connectivity index is 0.000000956. The van der Waals surface area contributed by atoms with Crippen molar-refractivity contribution < 1.29 is 4.79 Å². The average molecular weight is 291 g/mol. The number of H-pyrrole nitrogens is 1. The minimum Gasteiger partial charge on any atom is -0.349 e. The zero-order chi connectivity index (χ0) is 15.1. The quantitative estimate of drug-likeness (QED) is 0.495. The highest BCUT2D eigenvalue weighted by molar-refractivity contribution is 7.71. The Kier molecular flexibility index (Phi) is 6.86. The minimum absolute atomic E-state index is 0.718. The number of aromatic amines is 1. The van der Waals surface area contributed by atoms with Gasteiger partial charge < -0.3 is 4.98 Å². The highest BCUT2D eigenvalue weighted by Crippen LogP contribution is 2.30. The van der Waals surface area contributed by atoms with Gasteiger partial charge in [-0.3, -0.25) is 4.79 Å². The number of fused-ring (bicyclic) bond motifs is 1. The monoisotopic (exact) mass is 291 g/mol. The molecule has 1 unspecified atom stereocenters. The maximum absolute atomic E-state index is 10.4. The fraction of sp³-hybridized carbons (Fsp3) is 0.529. The summed E-state index contributed by atoms with van der Waals surface area (Å²) < 4.78 is 0.731. The Hall–Kier alpha value is -1.22. The molecule has 2 rings (SSSR count). The van der Waals surface area contributed by atoms with E-state index in [2.05, 4.69) is 24.9 Å². The molecular weight excluding hydrogens is 266 g/mol. The van der Waals surface area contributed by atoms with Gasteiger partial charge in [0, 0.05) is 11.3 Å². The number of rotatable bonds is 3. The molecule has 1 heterocycles. The second-order valence-corrected chi connectivity index (χ2v) is 5.71. The number of nitrogens with one attached hydrogen (secondary N) is 1. The van der Waals surface area contributed by atoms with E-state index in [-0.39, 0.29) is 0 Å². The van der Waals surface area contributed by atoms with E-state index in [9.17, 15) is 4.79 Å². The molecule has 0 aliphatic heterocycles. The van der Waals surface area contributed by atoms with E-state index in [1.807, 2.05) is 13.8 Å². The molecule has 0 saturated carbocycles. The van der Waals surface area contributed by atoms with Crippen molar-refractivity contribution in [2.45, 2.75) is 47.0 Å². The molecule has 1 aliphatic rings. The van der Waals surface area contributed by atoms with Gasteiger partial charge in [-0.1, -0.05) is 39.9 Å². The highest BCUT2D eigenvalue weighted by atomic mass is 32.1. The molecule has 1 aromatic heterocycles. The second-order valence-electron chi connectivity index (χ2n) is 5.30. The van der Waals surface area contributed by atoms with Crippen molar-refractivity contribution in [2.24, 2.45) is 11.8 Å². The van der Waals surface area contributed by atoms with Crippen molar-refractivity contribution in [2.75, 3.05) is 0 Å². The summed E-state index contributed by atoms with van der Waals surface area (Å²) in [6.45, 7) is 8.57. The van der Waals surface area contributed by atoms with E-state index in [0.29, 0.717) is 0 Å². The lowest BCUT2D eigenvalue weighted by Gasteiger charge is -2.27. The van der Waals surface area contributed by atoms with Gasteiger partial charge in [-0.25, -0.2) is 0 Å². The first-order valence-electron chi connectivity index (χ1n) is 7.48. The molecule has 0 radical (unpaired) electrons. The van der Waals surface area contributed by atoms with E-state index < -0.39 is 0 Å². The number of carbonyl (C=O) groups excluding carboxylic acids is 1. The number of pyridine rings is 1. The number of hydrogen-bond acceptors (Lipinski definition) is 2. The van der Waals surface area contributed by atoms with Crippen LogP contribution in [0.25, 0.3) is 6.08 Å². The summed E-state index contributed by atoms with van der Waals surface area (Å²) in [4.78, 5) is 13.7. The molecule has 0 spiro atoms. The Labute approximate surface area is 127 Å². The van der Waals surface area contributed by atoms with Gasteiger partial charge >= 0.3 is 0 Å². The maximum atomic E-state index is 10.4. The Morgan fingerprint density at radius 2 is 2.10 bits per heavy atom. The van der Waals surface area contributed by atoms with Gasteiger partial charge in [0.05, 0.1) is 0 Å². The van der Waals surface area contributed by atoms with Crippen LogP contribution >= 0.6 is 12.2 Å². The molecular formula is C17H25NOS. The number of aromatic nitrogens is 1. The molecule has 0 amide bonds. The average Bonchev–Trinajstić information content (AvgIpc) is 2.46. The zero-order valence-corrected chi connectivity index (χ0v) is 13.7. The van der Waals surface area contributed by atoms with E-state index in [4.69, 9.17) is 12.2 Å². The lowest BCUT2D eigenvalue weighted by molar-refractivity contribution is -0.104. The molecule has 20 heavy (non-hydrogen) atoms. The van der Waals surface area contributed by atoms with Crippen LogP contribution in [-0.4, -0.2) is 11.3 Å². The number of carbonyl (C=O) groups is 1. The summed E-state index contributed by atoms with van der Waals surface area (Å²) in [5, 5.41) is 0. The predicted octanol–water partition coefficient (Wildman–Crippen LogP) is 4.74. The van der Waals surface area contributed by atoms with Gasteiger partial charge in [-0.15, -0.1) is 0 Å². The SMILES string of the molecule is CC.CC(C)C1CCc2[nH]c(=S)c(/C=C/C=O)cc2C1. The molecule has 0 fully saturated rings. The van der Waals surface area contributed by atoms with Crippen LogP contribution in [0.4, 0.5) is 0 Å². The Morgan fingerprint density at radius 3 is 2.70 bits per heavy atom. The van der Waals surface area contributed by atoms with E-state index in [1.165, 1.54) is 23.8 Å². The van der Waals surface area contributed by atoms with Crippen LogP contribution in [0.2, 0.25) is 0 Å². The number of aldehydes is 1. The molecule has 110 valence electrons. The third kappa shape index (κ3) is 4.14. The summed E-state index contributed by atoms with van der Waals surface area (Å²) in [7, 11) is 0. The van der Waals surface area contributed by atoms with Crippen molar-refractivity contribution in [3.8, 4) is 0 Å². The third-order valence-electron chi connectivity index (χ3n) is 3.79. The van der Waals surface area contributed by atoms with Crippen LogP contribution < -0.4 is 0 Å². The molecule has 1 aliphatic carbocycles. The number of hydrogen-bond donors (Lipinski definition) is 1. The van der Waals surface area contributed by atoms with Gasteiger partial charge in [0.2, 0.25) is 0 Å². The fourth-order valence-corrected chi connectivity index (χ4v) is 2.84. The first-order chi connectivity index (χ1) is 9.61. The van der Waals surface area contributed by atoms with Gasteiger partial charge in [-0.2, -0.15) is 0 Å². The van der Waals surface area contributed by atoms with Crippen LogP contribution in [0, 0.1) is 16.5 Å². The van der Waals surface area contributed by atoms with Crippen LogP contribution in [0.15, 0.2) is 12.1 Å². The summed E-state index contributed by atoms with van der Waals surface area (Å²) >= 11 is 5.31. The van der Waals surface area contributed by atoms with Crippen molar-refractivity contribution in [1.82, 2.24) is 4.98 Å². The molecule has 1 atom stereocenters. The van der Waals surface area contributed by atoms with Crippen molar-refractivity contribution in [1.29, 1.82) is 0 Å². The first kappa shape index (κ1) is 16.8. The molecule has 0 saturated heterocycles. The Morgan fingerprint density at radius 1 is 1.40 bits per heavy atom. The topological polar surface area (TPSA) is 32.9 Å². The number of aryl methyl sites for hydroxylation is 1. The highest BCUT2D eigenvalue weighted by Gasteiger charge is 2.21. The first-order valence-corrected chi connectivity index (χ1v) is 7.89. The Bertz CT molecular complexity index is 528. The van der Waals surface area contributed by atoms with E-state index >= 15 is 0 Å². The summed E-state index contributed by atoms with van der Waals surface area (Å²) in [5.41, 5.74) is 3.58. The second kappa shape index (κ2) is 8.15. The summed E-state index contributed by atoms with van der Waals surface area (Å²) in [6, 6.07) is 2.14. The summed E-state index contributed by atoms with van der Waals surface area (Å²) in [6.07, 6.45) is 7.49. The summed E-state index contributed by atoms with van der Waals surface area (Å²) in [5.74, 6) is 1.47. The van der Waals surface area contributed by atoms with Crippen LogP contribution in [0.3, 0.4) is 0 Å². The lowest BCUT2D eigenvalue weighted by Crippen LogP contribution is -2.20. The minimum atomic E-state index is 0.718. The van der Waals surface area contributed by atoms with Crippen LogP contribution in [-0.2, 0) is 17.6 Å². The van der Waals surface area contributed by atoms with E-state index in [0.717, 1.165) is 41.2 Å². The molecule has 1 N–H and O–H groups in total. The van der Waals surface area contributed by atoms with Gasteiger partial charge in [0.15, 0.2) is 0 Å². The van der Waals surface area contributed by atoms with Gasteiger partial charge in [0.1, 0.15) is 10.9 Å². The smallest absolute Gasteiger partial charge is 0.142 e. The normalized spacial score (nSPS) is 17.6. The fourth-order valence-electron chi connectivity index (χ4n) is 2.59. The molecule has 3 heteroatoms.